The smallest absolute Gasteiger partial charge is 0.320 e. The van der Waals surface area contributed by atoms with E-state index in [0.717, 1.165) is 19.4 Å². The minimum atomic E-state index is -0.686. The largest absolute Gasteiger partial charge is 0.480 e. The van der Waals surface area contributed by atoms with Gasteiger partial charge in [0.2, 0.25) is 0 Å². The van der Waals surface area contributed by atoms with Crippen molar-refractivity contribution in [3.05, 3.63) is 22.4 Å². The van der Waals surface area contributed by atoms with E-state index in [1.54, 1.807) is 11.3 Å². The first-order valence-electron chi connectivity index (χ1n) is 5.21. The lowest BCUT2D eigenvalue weighted by Crippen LogP contribution is -2.37. The molecule has 1 aromatic rings. The van der Waals surface area contributed by atoms with Gasteiger partial charge in [0.15, 0.2) is 0 Å². The standard InChI is InChI=1S/C11H15NO2S/c1-8(9-4-6-15-7-9)12-5-2-3-10(12)11(13)14/h4,6-8,10H,2-3,5H2,1H3,(H,13,14). The third-order valence-electron chi connectivity index (χ3n) is 3.10. The van der Waals surface area contributed by atoms with E-state index in [4.69, 9.17) is 5.11 Å². The molecule has 0 aliphatic carbocycles. The van der Waals surface area contributed by atoms with E-state index in [1.165, 1.54) is 5.56 Å². The van der Waals surface area contributed by atoms with E-state index in [9.17, 15) is 4.79 Å². The molecule has 0 saturated carbocycles. The Morgan fingerprint density at radius 3 is 3.13 bits per heavy atom. The first kappa shape index (κ1) is 10.6. The number of rotatable bonds is 3. The van der Waals surface area contributed by atoms with Gasteiger partial charge in [-0.3, -0.25) is 9.69 Å². The highest BCUT2D eigenvalue weighted by molar-refractivity contribution is 7.07. The molecule has 0 radical (unpaired) electrons. The van der Waals surface area contributed by atoms with Crippen molar-refractivity contribution in [3.63, 3.8) is 0 Å². The molecule has 1 aliphatic heterocycles. The molecular weight excluding hydrogens is 210 g/mol. The van der Waals surface area contributed by atoms with Crippen LogP contribution in [0.3, 0.4) is 0 Å². The third kappa shape index (κ3) is 2.06. The molecule has 1 saturated heterocycles. The van der Waals surface area contributed by atoms with Crippen LogP contribution in [0.4, 0.5) is 0 Å². The topological polar surface area (TPSA) is 40.5 Å². The summed E-state index contributed by atoms with van der Waals surface area (Å²) in [5, 5.41) is 13.2. The lowest BCUT2D eigenvalue weighted by Gasteiger charge is -2.27. The first-order valence-corrected chi connectivity index (χ1v) is 6.15. The minimum Gasteiger partial charge on any atom is -0.480 e. The van der Waals surface area contributed by atoms with Crippen LogP contribution in [-0.2, 0) is 4.79 Å². The Morgan fingerprint density at radius 2 is 2.53 bits per heavy atom. The Kier molecular flexibility index (Phi) is 3.07. The van der Waals surface area contributed by atoms with Gasteiger partial charge in [0.05, 0.1) is 0 Å². The van der Waals surface area contributed by atoms with Gasteiger partial charge in [0, 0.05) is 6.04 Å². The van der Waals surface area contributed by atoms with Crippen LogP contribution < -0.4 is 0 Å². The fraction of sp³-hybridized carbons (Fsp3) is 0.545. The summed E-state index contributed by atoms with van der Waals surface area (Å²) in [7, 11) is 0. The van der Waals surface area contributed by atoms with E-state index in [-0.39, 0.29) is 12.1 Å². The second-order valence-electron chi connectivity index (χ2n) is 3.97. The third-order valence-corrected chi connectivity index (χ3v) is 3.80. The molecule has 15 heavy (non-hydrogen) atoms. The van der Waals surface area contributed by atoms with Crippen molar-refractivity contribution in [2.24, 2.45) is 0 Å². The number of hydrogen-bond acceptors (Lipinski definition) is 3. The summed E-state index contributed by atoms with van der Waals surface area (Å²) in [6, 6.07) is 2.01. The zero-order valence-electron chi connectivity index (χ0n) is 8.72. The number of carbonyl (C=O) groups is 1. The van der Waals surface area contributed by atoms with Gasteiger partial charge in [-0.2, -0.15) is 11.3 Å². The molecule has 2 heterocycles. The predicted octanol–water partition coefficient (Wildman–Crippen LogP) is 2.36. The zero-order valence-corrected chi connectivity index (χ0v) is 9.54. The van der Waals surface area contributed by atoms with Crippen LogP contribution >= 0.6 is 11.3 Å². The maximum Gasteiger partial charge on any atom is 0.320 e. The van der Waals surface area contributed by atoms with Crippen LogP contribution in [0, 0.1) is 0 Å². The summed E-state index contributed by atoms with van der Waals surface area (Å²) < 4.78 is 0. The summed E-state index contributed by atoms with van der Waals surface area (Å²) in [6.07, 6.45) is 1.77. The molecular formula is C11H15NO2S. The molecule has 0 bridgehead atoms. The SMILES string of the molecule is CC(c1ccsc1)N1CCCC1C(=O)O. The number of carboxylic acids is 1. The van der Waals surface area contributed by atoms with Gasteiger partial charge < -0.3 is 5.11 Å². The summed E-state index contributed by atoms with van der Waals surface area (Å²) in [5.41, 5.74) is 1.23. The maximum absolute atomic E-state index is 11.0. The fourth-order valence-electron chi connectivity index (χ4n) is 2.22. The van der Waals surface area contributed by atoms with Crippen molar-refractivity contribution >= 4 is 17.3 Å². The number of aliphatic carboxylic acids is 1. The molecule has 0 spiro atoms. The molecule has 0 amide bonds. The molecule has 0 aromatic carbocycles. The molecule has 1 aromatic heterocycles. The van der Waals surface area contributed by atoms with Crippen molar-refractivity contribution in [1.82, 2.24) is 4.90 Å². The van der Waals surface area contributed by atoms with Gasteiger partial charge in [-0.15, -0.1) is 0 Å². The molecule has 3 nitrogen and oxygen atoms in total. The predicted molar refractivity (Wildman–Crippen MR) is 60.1 cm³/mol. The molecule has 2 unspecified atom stereocenters. The number of thiophene rings is 1. The summed E-state index contributed by atoms with van der Waals surface area (Å²) >= 11 is 1.66. The van der Waals surface area contributed by atoms with Gasteiger partial charge in [-0.25, -0.2) is 0 Å². The Hall–Kier alpha value is -0.870. The molecule has 82 valence electrons. The molecule has 1 N–H and O–H groups in total. The van der Waals surface area contributed by atoms with Crippen molar-refractivity contribution in [2.45, 2.75) is 31.8 Å². The lowest BCUT2D eigenvalue weighted by molar-refractivity contribution is -0.142. The van der Waals surface area contributed by atoms with Crippen molar-refractivity contribution in [2.75, 3.05) is 6.54 Å². The summed E-state index contributed by atoms with van der Waals surface area (Å²) in [6.45, 7) is 2.98. The highest BCUT2D eigenvalue weighted by Crippen LogP contribution is 2.30. The second-order valence-corrected chi connectivity index (χ2v) is 4.75. The summed E-state index contributed by atoms with van der Waals surface area (Å²) in [5.74, 6) is -0.686. The average molecular weight is 225 g/mol. The van der Waals surface area contributed by atoms with Gasteiger partial charge in [-0.05, 0) is 48.7 Å². The van der Waals surface area contributed by atoms with Gasteiger partial charge >= 0.3 is 5.97 Å². The minimum absolute atomic E-state index is 0.222. The van der Waals surface area contributed by atoms with Gasteiger partial charge in [0.1, 0.15) is 6.04 Å². The van der Waals surface area contributed by atoms with Crippen LogP contribution in [0.25, 0.3) is 0 Å². The Balaban J connectivity index is 2.13. The van der Waals surface area contributed by atoms with Gasteiger partial charge in [-0.1, -0.05) is 0 Å². The highest BCUT2D eigenvalue weighted by Gasteiger charge is 2.33. The van der Waals surface area contributed by atoms with Crippen molar-refractivity contribution in [3.8, 4) is 0 Å². The molecule has 4 heteroatoms. The van der Waals surface area contributed by atoms with Crippen molar-refractivity contribution in [1.29, 1.82) is 0 Å². The Labute approximate surface area is 93.3 Å². The van der Waals surface area contributed by atoms with E-state index >= 15 is 0 Å². The first-order chi connectivity index (χ1) is 7.20. The number of likely N-dealkylation sites (tertiary alicyclic amines) is 1. The normalized spacial score (nSPS) is 24.2. The molecule has 1 fully saturated rings. The monoisotopic (exact) mass is 225 g/mol. The fourth-order valence-corrected chi connectivity index (χ4v) is 2.97. The Bertz CT molecular complexity index is 336. The lowest BCUT2D eigenvalue weighted by atomic mass is 10.1. The van der Waals surface area contributed by atoms with E-state index in [2.05, 4.69) is 23.3 Å². The average Bonchev–Trinajstić information content (AvgIpc) is 2.88. The number of hydrogen-bond donors (Lipinski definition) is 1. The van der Waals surface area contributed by atoms with Crippen molar-refractivity contribution < 1.29 is 9.90 Å². The molecule has 2 rings (SSSR count). The van der Waals surface area contributed by atoms with Crippen LogP contribution in [-0.4, -0.2) is 28.6 Å². The van der Waals surface area contributed by atoms with Crippen LogP contribution in [0.2, 0.25) is 0 Å². The molecule has 2 atom stereocenters. The highest BCUT2D eigenvalue weighted by atomic mass is 32.1. The van der Waals surface area contributed by atoms with Crippen LogP contribution in [0.5, 0.6) is 0 Å². The zero-order chi connectivity index (χ0) is 10.8. The Morgan fingerprint density at radius 1 is 1.73 bits per heavy atom. The van der Waals surface area contributed by atoms with E-state index in [0.29, 0.717) is 0 Å². The molecule has 1 aliphatic rings. The van der Waals surface area contributed by atoms with E-state index in [1.807, 2.05) is 5.38 Å². The number of nitrogens with zero attached hydrogens (tertiary/aromatic N) is 1. The van der Waals surface area contributed by atoms with Crippen LogP contribution in [0.15, 0.2) is 16.8 Å². The number of carboxylic acid groups (broad SMARTS) is 1. The quantitative estimate of drug-likeness (QED) is 0.858. The van der Waals surface area contributed by atoms with Crippen LogP contribution in [0.1, 0.15) is 31.4 Å². The maximum atomic E-state index is 11.0. The van der Waals surface area contributed by atoms with E-state index < -0.39 is 5.97 Å². The second kappa shape index (κ2) is 4.33. The van der Waals surface area contributed by atoms with Gasteiger partial charge in [0.25, 0.3) is 0 Å². The summed E-state index contributed by atoms with van der Waals surface area (Å²) in [4.78, 5) is 13.1.